The SMILES string of the molecule is COCc1c(C(=O)N[C@@H]2CO[C@H](Cn3cc(C)c(=O)[nH]c3=O)[C@@H](O)[C@H]2O)noc1C. The fraction of sp³-hybridized carbons (Fsp3) is 0.556. The Morgan fingerprint density at radius 3 is 2.80 bits per heavy atom. The predicted octanol–water partition coefficient (Wildman–Crippen LogP) is -1.79. The van der Waals surface area contributed by atoms with Crippen molar-refractivity contribution in [2.45, 2.75) is 51.4 Å². The zero-order chi connectivity index (χ0) is 22.0. The molecule has 1 saturated heterocycles. The first-order chi connectivity index (χ1) is 14.2. The summed E-state index contributed by atoms with van der Waals surface area (Å²) in [5, 5.41) is 27.2. The molecule has 0 unspecified atom stereocenters. The van der Waals surface area contributed by atoms with Gasteiger partial charge in [-0.25, -0.2) is 4.79 Å². The van der Waals surface area contributed by atoms with Gasteiger partial charge >= 0.3 is 5.69 Å². The molecular weight excluding hydrogens is 400 g/mol. The van der Waals surface area contributed by atoms with E-state index in [-0.39, 0.29) is 25.5 Å². The van der Waals surface area contributed by atoms with E-state index in [1.54, 1.807) is 6.92 Å². The molecule has 164 valence electrons. The summed E-state index contributed by atoms with van der Waals surface area (Å²) >= 11 is 0. The number of hydrogen-bond acceptors (Lipinski definition) is 9. The maximum absolute atomic E-state index is 12.5. The van der Waals surface area contributed by atoms with Gasteiger partial charge in [-0.1, -0.05) is 5.16 Å². The highest BCUT2D eigenvalue weighted by Gasteiger charge is 2.40. The molecule has 0 spiro atoms. The third kappa shape index (κ3) is 4.36. The van der Waals surface area contributed by atoms with Crippen LogP contribution in [-0.2, 0) is 22.6 Å². The molecule has 3 heterocycles. The standard InChI is InChI=1S/C18H24N4O8/c1-8-4-22(18(27)20-16(8)25)5-12-15(24)14(23)11(7-29-12)19-17(26)13-10(6-28-3)9(2)30-21-13/h4,11-12,14-15,23-24H,5-7H2,1-3H3,(H,19,26)(H,20,25,27)/t11-,12-,14+,15-/m1/s1. The van der Waals surface area contributed by atoms with Crippen LogP contribution in [0.3, 0.4) is 0 Å². The third-order valence-electron chi connectivity index (χ3n) is 5.00. The van der Waals surface area contributed by atoms with Crippen LogP contribution in [0, 0.1) is 13.8 Å². The van der Waals surface area contributed by atoms with E-state index >= 15 is 0 Å². The fourth-order valence-corrected chi connectivity index (χ4v) is 3.24. The van der Waals surface area contributed by atoms with Crippen LogP contribution in [0.2, 0.25) is 0 Å². The van der Waals surface area contributed by atoms with E-state index in [0.717, 1.165) is 0 Å². The lowest BCUT2D eigenvalue weighted by Crippen LogP contribution is -2.60. The minimum absolute atomic E-state index is 0.0217. The summed E-state index contributed by atoms with van der Waals surface area (Å²) in [6.45, 7) is 3.11. The highest BCUT2D eigenvalue weighted by Crippen LogP contribution is 2.19. The first-order valence-corrected chi connectivity index (χ1v) is 9.26. The average Bonchev–Trinajstić information content (AvgIpc) is 3.06. The quantitative estimate of drug-likeness (QED) is 0.418. The number of H-pyrrole nitrogens is 1. The van der Waals surface area contributed by atoms with Crippen LogP contribution >= 0.6 is 0 Å². The van der Waals surface area contributed by atoms with Crippen LogP contribution in [0.1, 0.15) is 27.4 Å². The molecule has 0 radical (unpaired) electrons. The molecule has 1 amide bonds. The Morgan fingerprint density at radius 1 is 1.37 bits per heavy atom. The molecule has 2 aromatic rings. The fourth-order valence-electron chi connectivity index (χ4n) is 3.24. The Kier molecular flexibility index (Phi) is 6.51. The summed E-state index contributed by atoms with van der Waals surface area (Å²) in [5.41, 5.74) is -0.334. The van der Waals surface area contributed by atoms with Crippen molar-refractivity contribution in [1.82, 2.24) is 20.0 Å². The van der Waals surface area contributed by atoms with E-state index in [1.165, 1.54) is 24.8 Å². The molecule has 0 bridgehead atoms. The van der Waals surface area contributed by atoms with Crippen molar-refractivity contribution < 1.29 is 29.0 Å². The van der Waals surface area contributed by atoms with Crippen LogP contribution < -0.4 is 16.6 Å². The molecule has 1 aliphatic rings. The van der Waals surface area contributed by atoms with Crippen LogP contribution in [0.15, 0.2) is 20.3 Å². The second kappa shape index (κ2) is 8.92. The Morgan fingerprint density at radius 2 is 2.10 bits per heavy atom. The summed E-state index contributed by atoms with van der Waals surface area (Å²) in [5.74, 6) is -0.172. The summed E-state index contributed by atoms with van der Waals surface area (Å²) in [4.78, 5) is 38.1. The van der Waals surface area contributed by atoms with E-state index in [9.17, 15) is 24.6 Å². The summed E-state index contributed by atoms with van der Waals surface area (Å²) in [6.07, 6.45) is -2.32. The molecule has 0 aliphatic carbocycles. The first kappa shape index (κ1) is 21.9. The molecule has 1 aliphatic heterocycles. The number of hydrogen-bond donors (Lipinski definition) is 4. The summed E-state index contributed by atoms with van der Waals surface area (Å²) in [6, 6.07) is -0.912. The largest absolute Gasteiger partial charge is 0.388 e. The molecule has 0 saturated carbocycles. The predicted molar refractivity (Wildman–Crippen MR) is 101 cm³/mol. The smallest absolute Gasteiger partial charge is 0.328 e. The lowest BCUT2D eigenvalue weighted by molar-refractivity contribution is -0.152. The monoisotopic (exact) mass is 424 g/mol. The zero-order valence-corrected chi connectivity index (χ0v) is 16.7. The highest BCUT2D eigenvalue weighted by atomic mass is 16.5. The summed E-state index contributed by atoms with van der Waals surface area (Å²) in [7, 11) is 1.47. The van der Waals surface area contributed by atoms with Gasteiger partial charge in [-0.2, -0.15) is 0 Å². The van der Waals surface area contributed by atoms with Gasteiger partial charge in [0.05, 0.1) is 31.4 Å². The molecule has 12 heteroatoms. The number of aliphatic hydroxyl groups is 2. The van der Waals surface area contributed by atoms with Crippen LogP contribution in [0.4, 0.5) is 0 Å². The van der Waals surface area contributed by atoms with Crippen molar-refractivity contribution in [3.8, 4) is 0 Å². The number of aliphatic hydroxyl groups excluding tert-OH is 2. The normalized spacial score (nSPS) is 24.0. The van der Waals surface area contributed by atoms with Crippen molar-refractivity contribution in [1.29, 1.82) is 0 Å². The van der Waals surface area contributed by atoms with E-state index in [1.807, 2.05) is 0 Å². The molecule has 4 N–H and O–H groups in total. The Labute approximate surface area is 170 Å². The molecule has 3 rings (SSSR count). The third-order valence-corrected chi connectivity index (χ3v) is 5.00. The maximum atomic E-state index is 12.5. The maximum Gasteiger partial charge on any atom is 0.328 e. The van der Waals surface area contributed by atoms with E-state index in [2.05, 4.69) is 15.5 Å². The van der Waals surface area contributed by atoms with Gasteiger partial charge in [0.1, 0.15) is 24.1 Å². The van der Waals surface area contributed by atoms with Crippen LogP contribution in [0.25, 0.3) is 0 Å². The number of nitrogens with one attached hydrogen (secondary N) is 2. The van der Waals surface area contributed by atoms with Crippen molar-refractivity contribution in [3.63, 3.8) is 0 Å². The number of aromatic nitrogens is 3. The van der Waals surface area contributed by atoms with Crippen molar-refractivity contribution >= 4 is 5.91 Å². The molecule has 12 nitrogen and oxygen atoms in total. The summed E-state index contributed by atoms with van der Waals surface area (Å²) < 4.78 is 16.8. The number of aromatic amines is 1. The van der Waals surface area contributed by atoms with Gasteiger partial charge in [-0.3, -0.25) is 19.1 Å². The lowest BCUT2D eigenvalue weighted by atomic mass is 9.97. The molecule has 0 aromatic carbocycles. The van der Waals surface area contributed by atoms with Gasteiger partial charge < -0.3 is 29.5 Å². The number of amides is 1. The zero-order valence-electron chi connectivity index (χ0n) is 16.7. The minimum Gasteiger partial charge on any atom is -0.388 e. The van der Waals surface area contributed by atoms with Crippen LogP contribution in [-0.4, -0.2) is 68.9 Å². The van der Waals surface area contributed by atoms with Gasteiger partial charge in [0.15, 0.2) is 5.69 Å². The number of nitrogens with zero attached hydrogens (tertiary/aromatic N) is 2. The first-order valence-electron chi connectivity index (χ1n) is 9.26. The minimum atomic E-state index is -1.39. The van der Waals surface area contributed by atoms with Gasteiger partial charge in [0, 0.05) is 18.9 Å². The number of rotatable bonds is 6. The van der Waals surface area contributed by atoms with E-state index in [0.29, 0.717) is 16.9 Å². The Bertz CT molecular complexity index is 1030. The molecule has 1 fully saturated rings. The number of carbonyl (C=O) groups is 1. The van der Waals surface area contributed by atoms with E-state index in [4.69, 9.17) is 14.0 Å². The molecular formula is C18H24N4O8. The second-order valence-electron chi connectivity index (χ2n) is 7.16. The average molecular weight is 424 g/mol. The topological polar surface area (TPSA) is 169 Å². The van der Waals surface area contributed by atoms with Crippen molar-refractivity contribution in [2.75, 3.05) is 13.7 Å². The highest BCUT2D eigenvalue weighted by molar-refractivity contribution is 5.94. The van der Waals surface area contributed by atoms with Gasteiger partial charge in [-0.15, -0.1) is 0 Å². The van der Waals surface area contributed by atoms with Gasteiger partial charge in [0.2, 0.25) is 0 Å². The molecule has 4 atom stereocenters. The van der Waals surface area contributed by atoms with Crippen molar-refractivity contribution in [3.05, 3.63) is 49.6 Å². The molecule has 30 heavy (non-hydrogen) atoms. The number of ether oxygens (including phenoxy) is 2. The van der Waals surface area contributed by atoms with Gasteiger partial charge in [0.25, 0.3) is 11.5 Å². The van der Waals surface area contributed by atoms with E-state index < -0.39 is 41.5 Å². The Hall–Kier alpha value is -2.80. The number of aryl methyl sites for hydroxylation is 2. The Balaban J connectivity index is 1.68. The number of carbonyl (C=O) groups excluding carboxylic acids is 1. The van der Waals surface area contributed by atoms with Gasteiger partial charge in [-0.05, 0) is 13.8 Å². The number of methoxy groups -OCH3 is 1. The lowest BCUT2D eigenvalue weighted by Gasteiger charge is -2.38. The van der Waals surface area contributed by atoms with Crippen molar-refractivity contribution in [2.24, 2.45) is 0 Å². The molecule has 2 aromatic heterocycles. The second-order valence-corrected chi connectivity index (χ2v) is 7.16. The van der Waals surface area contributed by atoms with Crippen LogP contribution in [0.5, 0.6) is 0 Å².